The lowest BCUT2D eigenvalue weighted by Crippen LogP contribution is -2.31. The maximum atomic E-state index is 11.7. The third-order valence-corrected chi connectivity index (χ3v) is 2.15. The van der Waals surface area contributed by atoms with Crippen LogP contribution in [0.1, 0.15) is 12.5 Å². The number of amides is 1. The molecule has 0 spiro atoms. The Labute approximate surface area is 106 Å². The van der Waals surface area contributed by atoms with E-state index < -0.39 is 5.97 Å². The van der Waals surface area contributed by atoms with Crippen molar-refractivity contribution >= 4 is 18.0 Å². The zero-order valence-corrected chi connectivity index (χ0v) is 10.5. The summed E-state index contributed by atoms with van der Waals surface area (Å²) < 4.78 is 4.76. The molecule has 0 saturated heterocycles. The molecule has 0 saturated carbocycles. The highest BCUT2D eigenvalue weighted by molar-refractivity contribution is 5.93. The molecule has 96 valence electrons. The highest BCUT2D eigenvalue weighted by atomic mass is 16.5. The number of hydrogen-bond donors (Lipinski definition) is 0. The van der Waals surface area contributed by atoms with Crippen LogP contribution in [0.4, 0.5) is 0 Å². The number of esters is 1. The predicted octanol–water partition coefficient (Wildman–Crippen LogP) is 1.12. The first-order valence-corrected chi connectivity index (χ1v) is 5.62. The van der Waals surface area contributed by atoms with E-state index in [1.807, 2.05) is 6.07 Å². The number of ether oxygens (including phenoxy) is 1. The Hall–Kier alpha value is -2.17. The van der Waals surface area contributed by atoms with Crippen molar-refractivity contribution in [1.29, 1.82) is 0 Å². The molecule has 5 nitrogen and oxygen atoms in total. The first-order valence-electron chi connectivity index (χ1n) is 5.62. The lowest BCUT2D eigenvalue weighted by molar-refractivity contribution is -0.146. The molecule has 18 heavy (non-hydrogen) atoms. The predicted molar refractivity (Wildman–Crippen MR) is 67.5 cm³/mol. The minimum atomic E-state index is -0.414. The van der Waals surface area contributed by atoms with Crippen molar-refractivity contribution in [3.05, 3.63) is 36.2 Å². The van der Waals surface area contributed by atoms with Gasteiger partial charge in [0.05, 0.1) is 6.61 Å². The molecule has 5 heteroatoms. The second-order valence-electron chi connectivity index (χ2n) is 3.62. The van der Waals surface area contributed by atoms with Gasteiger partial charge in [0.1, 0.15) is 6.54 Å². The number of likely N-dealkylation sites (N-methyl/N-ethyl adjacent to an activating group) is 1. The van der Waals surface area contributed by atoms with Crippen LogP contribution in [0.2, 0.25) is 0 Å². The quantitative estimate of drug-likeness (QED) is 0.578. The normalized spacial score (nSPS) is 10.3. The molecule has 1 aromatic heterocycles. The Morgan fingerprint density at radius 1 is 1.50 bits per heavy atom. The highest BCUT2D eigenvalue weighted by Gasteiger charge is 2.10. The lowest BCUT2D eigenvalue weighted by atomic mass is 10.2. The molecule has 0 aliphatic rings. The first kappa shape index (κ1) is 13.9. The fourth-order valence-electron chi connectivity index (χ4n) is 1.25. The van der Waals surface area contributed by atoms with Crippen LogP contribution in [-0.4, -0.2) is 42.0 Å². The molecular formula is C13H16N2O3. The largest absolute Gasteiger partial charge is 0.465 e. The number of carbonyl (C=O) groups is 2. The Morgan fingerprint density at radius 3 is 2.89 bits per heavy atom. The van der Waals surface area contributed by atoms with Crippen LogP contribution >= 0.6 is 0 Å². The van der Waals surface area contributed by atoms with Crippen molar-refractivity contribution in [1.82, 2.24) is 9.88 Å². The molecule has 0 atom stereocenters. The van der Waals surface area contributed by atoms with Crippen molar-refractivity contribution < 1.29 is 14.3 Å². The highest BCUT2D eigenvalue weighted by Crippen LogP contribution is 1.99. The molecule has 0 radical (unpaired) electrons. The van der Waals surface area contributed by atoms with Gasteiger partial charge in [0, 0.05) is 25.5 Å². The number of aromatic nitrogens is 1. The fourth-order valence-corrected chi connectivity index (χ4v) is 1.25. The molecule has 0 aromatic carbocycles. The average Bonchev–Trinajstić information content (AvgIpc) is 2.37. The average molecular weight is 248 g/mol. The van der Waals surface area contributed by atoms with E-state index in [1.54, 1.807) is 38.5 Å². The van der Waals surface area contributed by atoms with Gasteiger partial charge in [0.15, 0.2) is 0 Å². The van der Waals surface area contributed by atoms with E-state index in [1.165, 1.54) is 11.0 Å². The molecule has 0 N–H and O–H groups in total. The van der Waals surface area contributed by atoms with E-state index in [0.29, 0.717) is 6.61 Å². The Kier molecular flexibility index (Phi) is 5.57. The van der Waals surface area contributed by atoms with Crippen molar-refractivity contribution in [2.45, 2.75) is 6.92 Å². The molecular weight excluding hydrogens is 232 g/mol. The van der Waals surface area contributed by atoms with Crippen molar-refractivity contribution in [2.75, 3.05) is 20.2 Å². The SMILES string of the molecule is CCOC(=O)CN(C)C(=O)C=Cc1cccnc1. The summed E-state index contributed by atoms with van der Waals surface area (Å²) in [5.74, 6) is -0.671. The van der Waals surface area contributed by atoms with Gasteiger partial charge in [-0.1, -0.05) is 6.07 Å². The number of hydrogen-bond acceptors (Lipinski definition) is 4. The minimum absolute atomic E-state index is 0.0515. The zero-order chi connectivity index (χ0) is 13.4. The van der Waals surface area contributed by atoms with Gasteiger partial charge in [-0.3, -0.25) is 14.6 Å². The number of carbonyl (C=O) groups excluding carboxylic acids is 2. The van der Waals surface area contributed by atoms with Gasteiger partial charge in [-0.2, -0.15) is 0 Å². The van der Waals surface area contributed by atoms with Crippen LogP contribution in [0.15, 0.2) is 30.6 Å². The summed E-state index contributed by atoms with van der Waals surface area (Å²) in [5, 5.41) is 0. The van der Waals surface area contributed by atoms with Crippen molar-refractivity contribution in [3.8, 4) is 0 Å². The minimum Gasteiger partial charge on any atom is -0.465 e. The molecule has 1 rings (SSSR count). The molecule has 1 amide bonds. The van der Waals surface area contributed by atoms with Gasteiger partial charge in [-0.15, -0.1) is 0 Å². The standard InChI is InChI=1S/C13H16N2O3/c1-3-18-13(17)10-15(2)12(16)7-6-11-5-4-8-14-9-11/h4-9H,3,10H2,1-2H3. The molecule has 1 aromatic rings. The molecule has 0 unspecified atom stereocenters. The lowest BCUT2D eigenvalue weighted by Gasteiger charge is -2.13. The Bertz CT molecular complexity index is 429. The third-order valence-electron chi connectivity index (χ3n) is 2.15. The van der Waals surface area contributed by atoms with Gasteiger partial charge in [0.25, 0.3) is 0 Å². The maximum absolute atomic E-state index is 11.7. The molecule has 0 aliphatic heterocycles. The van der Waals surface area contributed by atoms with E-state index in [9.17, 15) is 9.59 Å². The summed E-state index contributed by atoms with van der Waals surface area (Å²) in [6, 6.07) is 3.62. The first-order chi connectivity index (χ1) is 8.63. The molecule has 0 bridgehead atoms. The monoisotopic (exact) mass is 248 g/mol. The molecule has 1 heterocycles. The Morgan fingerprint density at radius 2 is 2.28 bits per heavy atom. The number of pyridine rings is 1. The number of nitrogens with zero attached hydrogens (tertiary/aromatic N) is 2. The summed E-state index contributed by atoms with van der Waals surface area (Å²) in [4.78, 5) is 28.1. The van der Waals surface area contributed by atoms with E-state index >= 15 is 0 Å². The summed E-state index contributed by atoms with van der Waals surface area (Å²) in [6.07, 6.45) is 6.36. The van der Waals surface area contributed by atoms with Gasteiger partial charge < -0.3 is 9.64 Å². The van der Waals surface area contributed by atoms with Crippen LogP contribution in [0.5, 0.6) is 0 Å². The van der Waals surface area contributed by atoms with Gasteiger partial charge >= 0.3 is 5.97 Å². The van der Waals surface area contributed by atoms with E-state index in [0.717, 1.165) is 5.56 Å². The van der Waals surface area contributed by atoms with Crippen molar-refractivity contribution in [2.24, 2.45) is 0 Å². The van der Waals surface area contributed by atoms with E-state index in [-0.39, 0.29) is 12.5 Å². The number of rotatable bonds is 5. The zero-order valence-electron chi connectivity index (χ0n) is 10.5. The summed E-state index contributed by atoms with van der Waals surface area (Å²) in [7, 11) is 1.55. The van der Waals surface area contributed by atoms with Gasteiger partial charge in [-0.25, -0.2) is 0 Å². The van der Waals surface area contributed by atoms with Crippen molar-refractivity contribution in [3.63, 3.8) is 0 Å². The summed E-state index contributed by atoms with van der Waals surface area (Å²) in [5.41, 5.74) is 0.829. The van der Waals surface area contributed by atoms with Gasteiger partial charge in [0.2, 0.25) is 5.91 Å². The topological polar surface area (TPSA) is 59.5 Å². The van der Waals surface area contributed by atoms with Crippen LogP contribution in [-0.2, 0) is 14.3 Å². The third kappa shape index (κ3) is 4.78. The van der Waals surface area contributed by atoms with Gasteiger partial charge in [-0.05, 0) is 24.6 Å². The van der Waals surface area contributed by atoms with E-state index in [4.69, 9.17) is 4.74 Å². The van der Waals surface area contributed by atoms with E-state index in [2.05, 4.69) is 4.98 Å². The molecule has 0 aliphatic carbocycles. The fraction of sp³-hybridized carbons (Fsp3) is 0.308. The van der Waals surface area contributed by atoms with Crippen LogP contribution in [0, 0.1) is 0 Å². The Balaban J connectivity index is 2.50. The van der Waals surface area contributed by atoms with Crippen LogP contribution in [0.3, 0.4) is 0 Å². The molecule has 0 fully saturated rings. The summed E-state index contributed by atoms with van der Waals surface area (Å²) in [6.45, 7) is 1.98. The van der Waals surface area contributed by atoms with Crippen LogP contribution in [0.25, 0.3) is 6.08 Å². The maximum Gasteiger partial charge on any atom is 0.325 e. The smallest absolute Gasteiger partial charge is 0.325 e. The van der Waals surface area contributed by atoms with Crippen LogP contribution < -0.4 is 0 Å². The summed E-state index contributed by atoms with van der Waals surface area (Å²) >= 11 is 0. The second kappa shape index (κ2) is 7.21. The second-order valence-corrected chi connectivity index (χ2v) is 3.62.